The van der Waals surface area contributed by atoms with Gasteiger partial charge in [0.1, 0.15) is 0 Å². The highest BCUT2D eigenvalue weighted by Crippen LogP contribution is 2.15. The molecule has 1 aromatic rings. The molecule has 0 aliphatic carbocycles. The van der Waals surface area contributed by atoms with Crippen LogP contribution in [0, 0.1) is 24.3 Å². The van der Waals surface area contributed by atoms with Crippen LogP contribution in [0.15, 0.2) is 24.3 Å². The second-order valence-electron chi connectivity index (χ2n) is 4.37. The van der Waals surface area contributed by atoms with Gasteiger partial charge in [-0.05, 0) is 12.5 Å². The lowest BCUT2D eigenvalue weighted by atomic mass is 10.0. The Bertz CT molecular complexity index is 374. The van der Waals surface area contributed by atoms with Gasteiger partial charge < -0.3 is 9.64 Å². The van der Waals surface area contributed by atoms with E-state index in [4.69, 9.17) is 10.00 Å². The van der Waals surface area contributed by atoms with E-state index in [1.807, 2.05) is 0 Å². The van der Waals surface area contributed by atoms with Crippen LogP contribution in [0.25, 0.3) is 0 Å². The van der Waals surface area contributed by atoms with Gasteiger partial charge >= 0.3 is 0 Å². The van der Waals surface area contributed by atoms with Gasteiger partial charge in [-0.15, -0.1) is 0 Å². The Balaban J connectivity index is 1.66. The van der Waals surface area contributed by atoms with Crippen molar-refractivity contribution in [3.8, 4) is 6.19 Å². The fraction of sp³-hybridized carbons (Fsp3) is 0.462. The number of aryl methyl sites for hydroxylation is 1. The second-order valence-corrected chi connectivity index (χ2v) is 4.37. The molecule has 0 saturated carbocycles. The van der Waals surface area contributed by atoms with Crippen molar-refractivity contribution in [2.45, 2.75) is 13.5 Å². The Hall–Kier alpha value is -1.53. The third-order valence-corrected chi connectivity index (χ3v) is 2.84. The first kappa shape index (κ1) is 11.0. The van der Waals surface area contributed by atoms with Crippen LogP contribution in [0.1, 0.15) is 11.1 Å². The maximum absolute atomic E-state index is 8.57. The predicted molar refractivity (Wildman–Crippen MR) is 61.5 cm³/mol. The van der Waals surface area contributed by atoms with Gasteiger partial charge in [0.25, 0.3) is 0 Å². The topological polar surface area (TPSA) is 36.3 Å². The zero-order valence-corrected chi connectivity index (χ0v) is 9.52. The molecule has 0 aromatic heterocycles. The minimum atomic E-state index is 0.532. The van der Waals surface area contributed by atoms with Crippen molar-refractivity contribution in [2.24, 2.45) is 5.92 Å². The Kier molecular flexibility index (Phi) is 3.43. The standard InChI is InChI=1S/C13H16N2O/c1-11-2-4-12(5-3-11)8-16-9-13-6-15(7-13)10-14/h2-5,13H,6-9H2,1H3. The Labute approximate surface area is 96.2 Å². The van der Waals surface area contributed by atoms with Crippen LogP contribution in [0.5, 0.6) is 0 Å². The third kappa shape index (κ3) is 2.74. The molecular formula is C13H16N2O. The van der Waals surface area contributed by atoms with Gasteiger partial charge in [-0.3, -0.25) is 0 Å². The molecule has 0 spiro atoms. The van der Waals surface area contributed by atoms with Crippen molar-refractivity contribution < 1.29 is 4.74 Å². The summed E-state index contributed by atoms with van der Waals surface area (Å²) in [4.78, 5) is 1.75. The Morgan fingerprint density at radius 2 is 2.06 bits per heavy atom. The fourth-order valence-electron chi connectivity index (χ4n) is 1.78. The number of benzene rings is 1. The first-order valence-corrected chi connectivity index (χ1v) is 5.56. The molecule has 2 rings (SSSR count). The maximum atomic E-state index is 8.57. The summed E-state index contributed by atoms with van der Waals surface area (Å²) in [6, 6.07) is 8.38. The van der Waals surface area contributed by atoms with Gasteiger partial charge in [-0.2, -0.15) is 5.26 Å². The van der Waals surface area contributed by atoms with Gasteiger partial charge in [0.05, 0.1) is 13.2 Å². The molecule has 0 atom stereocenters. The first-order chi connectivity index (χ1) is 7.78. The highest BCUT2D eigenvalue weighted by Gasteiger charge is 2.25. The number of hydrogen-bond donors (Lipinski definition) is 0. The SMILES string of the molecule is Cc1ccc(COCC2CN(C#N)C2)cc1. The van der Waals surface area contributed by atoms with E-state index in [0.29, 0.717) is 12.5 Å². The molecule has 0 unspecified atom stereocenters. The molecule has 0 radical (unpaired) electrons. The average molecular weight is 216 g/mol. The summed E-state index contributed by atoms with van der Waals surface area (Å²) in [6.07, 6.45) is 2.12. The summed E-state index contributed by atoms with van der Waals surface area (Å²) in [7, 11) is 0. The van der Waals surface area contributed by atoms with Gasteiger partial charge in [-0.25, -0.2) is 0 Å². The summed E-state index contributed by atoms with van der Waals surface area (Å²) in [5.41, 5.74) is 2.48. The van der Waals surface area contributed by atoms with Crippen LogP contribution < -0.4 is 0 Å². The molecule has 1 aliphatic heterocycles. The molecule has 1 heterocycles. The number of hydrogen-bond acceptors (Lipinski definition) is 3. The van der Waals surface area contributed by atoms with Crippen molar-refractivity contribution in [1.29, 1.82) is 5.26 Å². The summed E-state index contributed by atoms with van der Waals surface area (Å²) >= 11 is 0. The molecule has 0 bridgehead atoms. The molecule has 1 aliphatic rings. The highest BCUT2D eigenvalue weighted by atomic mass is 16.5. The molecule has 3 nitrogen and oxygen atoms in total. The van der Waals surface area contributed by atoms with Crippen LogP contribution >= 0.6 is 0 Å². The lowest BCUT2D eigenvalue weighted by Crippen LogP contribution is -2.45. The van der Waals surface area contributed by atoms with Crippen molar-refractivity contribution in [2.75, 3.05) is 19.7 Å². The minimum absolute atomic E-state index is 0.532. The van der Waals surface area contributed by atoms with Gasteiger partial charge in [0.15, 0.2) is 6.19 Å². The Morgan fingerprint density at radius 1 is 1.38 bits per heavy atom. The number of ether oxygens (including phenoxy) is 1. The molecule has 1 saturated heterocycles. The second kappa shape index (κ2) is 5.00. The van der Waals surface area contributed by atoms with E-state index < -0.39 is 0 Å². The minimum Gasteiger partial charge on any atom is -0.376 e. The number of rotatable bonds is 4. The van der Waals surface area contributed by atoms with Crippen LogP contribution in [0.2, 0.25) is 0 Å². The van der Waals surface area contributed by atoms with Gasteiger partial charge in [-0.1, -0.05) is 29.8 Å². The van der Waals surface area contributed by atoms with E-state index in [0.717, 1.165) is 19.7 Å². The first-order valence-electron chi connectivity index (χ1n) is 5.56. The van der Waals surface area contributed by atoms with Crippen LogP contribution in [-0.4, -0.2) is 24.6 Å². The largest absolute Gasteiger partial charge is 0.376 e. The van der Waals surface area contributed by atoms with Crippen molar-refractivity contribution in [1.82, 2.24) is 4.90 Å². The zero-order chi connectivity index (χ0) is 11.4. The average Bonchev–Trinajstić information content (AvgIpc) is 2.24. The number of nitrogens with zero attached hydrogens (tertiary/aromatic N) is 2. The molecule has 3 heteroatoms. The normalized spacial score (nSPS) is 15.6. The van der Waals surface area contributed by atoms with Crippen molar-refractivity contribution in [3.05, 3.63) is 35.4 Å². The van der Waals surface area contributed by atoms with Crippen LogP contribution in [0.3, 0.4) is 0 Å². The Morgan fingerprint density at radius 3 is 2.69 bits per heavy atom. The quantitative estimate of drug-likeness (QED) is 0.721. The number of likely N-dealkylation sites (tertiary alicyclic amines) is 1. The number of nitriles is 1. The molecule has 1 aromatic carbocycles. The zero-order valence-electron chi connectivity index (χ0n) is 9.52. The molecule has 16 heavy (non-hydrogen) atoms. The third-order valence-electron chi connectivity index (χ3n) is 2.84. The van der Waals surface area contributed by atoms with Gasteiger partial charge in [0.2, 0.25) is 0 Å². The van der Waals surface area contributed by atoms with Crippen LogP contribution in [0.4, 0.5) is 0 Å². The molecule has 1 fully saturated rings. The van der Waals surface area contributed by atoms with E-state index in [1.54, 1.807) is 4.90 Å². The van der Waals surface area contributed by atoms with E-state index in [2.05, 4.69) is 37.4 Å². The van der Waals surface area contributed by atoms with Crippen molar-refractivity contribution in [3.63, 3.8) is 0 Å². The lowest BCUT2D eigenvalue weighted by molar-refractivity contribution is 0.0323. The highest BCUT2D eigenvalue weighted by molar-refractivity contribution is 5.20. The smallest absolute Gasteiger partial charge is 0.179 e. The summed E-state index contributed by atoms with van der Waals surface area (Å²) in [5, 5.41) is 8.57. The monoisotopic (exact) mass is 216 g/mol. The van der Waals surface area contributed by atoms with E-state index in [9.17, 15) is 0 Å². The van der Waals surface area contributed by atoms with E-state index in [1.165, 1.54) is 11.1 Å². The molecule has 0 N–H and O–H groups in total. The van der Waals surface area contributed by atoms with E-state index in [-0.39, 0.29) is 0 Å². The van der Waals surface area contributed by atoms with Crippen molar-refractivity contribution >= 4 is 0 Å². The summed E-state index contributed by atoms with van der Waals surface area (Å²) in [5.74, 6) is 0.532. The lowest BCUT2D eigenvalue weighted by Gasteiger charge is -2.34. The predicted octanol–water partition coefficient (Wildman–Crippen LogP) is 1.92. The fourth-order valence-corrected chi connectivity index (χ4v) is 1.78. The maximum Gasteiger partial charge on any atom is 0.179 e. The van der Waals surface area contributed by atoms with Crippen LogP contribution in [-0.2, 0) is 11.3 Å². The molecule has 0 amide bonds. The summed E-state index contributed by atoms with van der Waals surface area (Å²) < 4.78 is 5.62. The summed E-state index contributed by atoms with van der Waals surface area (Å²) in [6.45, 7) is 5.21. The van der Waals surface area contributed by atoms with E-state index >= 15 is 0 Å². The molecule has 84 valence electrons. The van der Waals surface area contributed by atoms with Gasteiger partial charge in [0, 0.05) is 19.0 Å². The molecular weight excluding hydrogens is 200 g/mol.